The van der Waals surface area contributed by atoms with Crippen LogP contribution in [0, 0.1) is 0 Å². The number of benzene rings is 6. The van der Waals surface area contributed by atoms with Gasteiger partial charge in [-0.2, -0.15) is 0 Å². The summed E-state index contributed by atoms with van der Waals surface area (Å²) in [6.45, 7) is 3.58. The topological polar surface area (TPSA) is 278 Å². The number of carboxylic acids is 4. The molecule has 2 heterocycles. The van der Waals surface area contributed by atoms with E-state index in [1.165, 1.54) is 9.80 Å². The van der Waals surface area contributed by atoms with Crippen molar-refractivity contribution >= 4 is 105 Å². The Bertz CT molecular complexity index is 3020. The zero-order valence-corrected chi connectivity index (χ0v) is 47.7. The number of carbonyl (C=O) groups excluding carboxylic acids is 6. The standard InChI is InChI=1S/2C29H27Cl2N3O6.2Li/c2*1-16(18-6-3-2-4-7-18)34-23(15-24(34)29(39)40)26(35)33-22(28(37)38)14-17-10-12-19(13-11-17)32-27(36)25-20(30)8-5-9-21(25)31;;/h2*2-13,16,22-24H,14-15H2,1H3,(H,32,36)(H,33,35)(H,37,38)(H,39,40);;/q;;2*+1/p-2. The van der Waals surface area contributed by atoms with Crippen LogP contribution in [-0.4, -0.2) is 104 Å². The van der Waals surface area contributed by atoms with Crippen molar-refractivity contribution in [3.8, 4) is 0 Å². The Morgan fingerprint density at radius 3 is 1.06 bits per heavy atom. The van der Waals surface area contributed by atoms with Crippen molar-refractivity contribution in [2.24, 2.45) is 0 Å². The fraction of sp³-hybridized carbons (Fsp3) is 0.241. The minimum absolute atomic E-state index is 0. The molecule has 18 nitrogen and oxygen atoms in total. The molecule has 6 aromatic carbocycles. The van der Waals surface area contributed by atoms with Gasteiger partial charge in [0.1, 0.15) is 12.1 Å². The second-order valence-electron chi connectivity index (χ2n) is 18.9. The Morgan fingerprint density at radius 1 is 0.476 bits per heavy atom. The fourth-order valence-electron chi connectivity index (χ4n) is 9.55. The van der Waals surface area contributed by atoms with E-state index in [1.807, 2.05) is 60.7 Å². The Labute approximate surface area is 516 Å². The number of nitrogens with zero attached hydrogens (tertiary/aromatic N) is 2. The van der Waals surface area contributed by atoms with Gasteiger partial charge in [0.05, 0.1) is 67.3 Å². The van der Waals surface area contributed by atoms with Gasteiger partial charge >= 0.3 is 49.7 Å². The maximum absolute atomic E-state index is 13.1. The molecule has 82 heavy (non-hydrogen) atoms. The number of hydrogen-bond donors (Lipinski definition) is 6. The van der Waals surface area contributed by atoms with Gasteiger partial charge in [0.25, 0.3) is 11.8 Å². The number of amides is 4. The van der Waals surface area contributed by atoms with E-state index in [4.69, 9.17) is 46.4 Å². The third-order valence-corrected chi connectivity index (χ3v) is 15.1. The van der Waals surface area contributed by atoms with Crippen LogP contribution in [0.15, 0.2) is 146 Å². The molecule has 24 heteroatoms. The fourth-order valence-corrected chi connectivity index (χ4v) is 10.7. The van der Waals surface area contributed by atoms with Crippen LogP contribution in [0.4, 0.5) is 11.4 Å². The minimum Gasteiger partial charge on any atom is -0.548 e. The average molecular weight is 1180 g/mol. The van der Waals surface area contributed by atoms with Gasteiger partial charge in [-0.15, -0.1) is 0 Å². The van der Waals surface area contributed by atoms with Crippen molar-refractivity contribution in [2.45, 2.75) is 87.9 Å². The summed E-state index contributed by atoms with van der Waals surface area (Å²) in [5, 5.41) is 54.2. The zero-order valence-electron chi connectivity index (χ0n) is 44.7. The summed E-state index contributed by atoms with van der Waals surface area (Å²) in [6.07, 6.45) is -0.0317. The third kappa shape index (κ3) is 16.3. The molecule has 0 aliphatic carbocycles. The van der Waals surface area contributed by atoms with Crippen LogP contribution in [0.5, 0.6) is 0 Å². The summed E-state index contributed by atoms with van der Waals surface area (Å²) >= 11 is 24.4. The van der Waals surface area contributed by atoms with Gasteiger partial charge in [-0.05, 0) is 97.5 Å². The van der Waals surface area contributed by atoms with Gasteiger partial charge in [-0.25, -0.2) is 9.59 Å². The van der Waals surface area contributed by atoms with Gasteiger partial charge in [0, 0.05) is 36.3 Å². The predicted octanol–water partition coefficient (Wildman–Crippen LogP) is 0.631. The van der Waals surface area contributed by atoms with Crippen LogP contribution in [0.2, 0.25) is 20.1 Å². The molecule has 4 amide bonds. The van der Waals surface area contributed by atoms with Crippen molar-refractivity contribution in [1.82, 2.24) is 20.4 Å². The number of anilines is 2. The Morgan fingerprint density at radius 2 is 0.780 bits per heavy atom. The van der Waals surface area contributed by atoms with Gasteiger partial charge in [0.2, 0.25) is 11.8 Å². The van der Waals surface area contributed by atoms with Crippen LogP contribution in [0.25, 0.3) is 0 Å². The molecular weight excluding hydrogens is 1130 g/mol. The molecule has 6 N–H and O–H groups in total. The number of halogens is 4. The number of carboxylic acid groups (broad SMARTS) is 4. The molecule has 0 spiro atoms. The largest absolute Gasteiger partial charge is 1.00 e. The van der Waals surface area contributed by atoms with Crippen molar-refractivity contribution < 1.29 is 96.5 Å². The Balaban J connectivity index is 0.000000293. The normalized spacial score (nSPS) is 17.7. The van der Waals surface area contributed by atoms with Gasteiger partial charge in [0.15, 0.2) is 0 Å². The first-order valence-corrected chi connectivity index (χ1v) is 26.5. The van der Waals surface area contributed by atoms with Gasteiger partial charge < -0.3 is 51.3 Å². The molecule has 2 aliphatic heterocycles. The number of carbonyl (C=O) groups is 8. The molecule has 6 aromatic rings. The van der Waals surface area contributed by atoms with E-state index < -0.39 is 95.8 Å². The second-order valence-corrected chi connectivity index (χ2v) is 20.6. The van der Waals surface area contributed by atoms with E-state index >= 15 is 0 Å². The van der Waals surface area contributed by atoms with E-state index in [0.717, 1.165) is 11.1 Å². The monoisotopic (exact) mass is 1180 g/mol. The van der Waals surface area contributed by atoms with Crippen LogP contribution >= 0.6 is 46.4 Å². The number of likely N-dealkylation sites (tertiary alicyclic amines) is 2. The summed E-state index contributed by atoms with van der Waals surface area (Å²) in [6, 6.07) is 33.7. The van der Waals surface area contributed by atoms with E-state index in [0.29, 0.717) is 22.5 Å². The molecule has 2 aliphatic rings. The van der Waals surface area contributed by atoms with E-state index in [2.05, 4.69) is 21.3 Å². The quantitative estimate of drug-likeness (QED) is 0.0573. The zero-order chi connectivity index (χ0) is 57.9. The molecule has 0 aromatic heterocycles. The number of aliphatic carboxylic acids is 4. The molecule has 0 radical (unpaired) electrons. The number of rotatable bonds is 20. The summed E-state index contributed by atoms with van der Waals surface area (Å²) in [4.78, 5) is 102. The Kier molecular flexibility index (Phi) is 24.3. The summed E-state index contributed by atoms with van der Waals surface area (Å²) in [5.74, 6) is -7.19. The van der Waals surface area contributed by atoms with E-state index in [9.17, 15) is 58.8 Å². The number of hydrogen-bond acceptors (Lipinski definition) is 12. The summed E-state index contributed by atoms with van der Waals surface area (Å²) in [7, 11) is 0. The van der Waals surface area contributed by atoms with Crippen molar-refractivity contribution in [3.05, 3.63) is 199 Å². The molecule has 8 rings (SSSR count). The first-order valence-electron chi connectivity index (χ1n) is 24.9. The molecule has 8 unspecified atom stereocenters. The van der Waals surface area contributed by atoms with Gasteiger partial charge in [-0.3, -0.25) is 29.0 Å². The third-order valence-electron chi connectivity index (χ3n) is 13.9. The van der Waals surface area contributed by atoms with Crippen LogP contribution in [0.1, 0.15) is 81.7 Å². The van der Waals surface area contributed by atoms with Crippen LogP contribution < -0.4 is 69.2 Å². The molecule has 0 bridgehead atoms. The van der Waals surface area contributed by atoms with Crippen molar-refractivity contribution in [3.63, 3.8) is 0 Å². The molecule has 8 atom stereocenters. The first-order chi connectivity index (χ1) is 38.1. The SMILES string of the molecule is CC(c1ccccc1)N1C(C(=O)[O-])CC1C(=O)NC(Cc1ccc(NC(=O)c2c(Cl)cccc2Cl)cc1)C(=O)O.CC(c1ccccc1)N1C(C(=O)[O-])CC1C(=O)NC(Cc1ccc(NC(=O)c2c(Cl)cccc2Cl)cc1)C(=O)O.[Li+].[Li+]. The maximum atomic E-state index is 13.1. The van der Waals surface area contributed by atoms with Crippen LogP contribution in [-0.2, 0) is 41.6 Å². The van der Waals surface area contributed by atoms with Crippen molar-refractivity contribution in [2.75, 3.05) is 10.6 Å². The predicted molar refractivity (Wildman–Crippen MR) is 296 cm³/mol. The molecule has 416 valence electrons. The van der Waals surface area contributed by atoms with Crippen molar-refractivity contribution in [1.29, 1.82) is 0 Å². The van der Waals surface area contributed by atoms with E-state index in [-0.39, 0.29) is 94.6 Å². The van der Waals surface area contributed by atoms with Crippen LogP contribution in [0.3, 0.4) is 0 Å². The second kappa shape index (κ2) is 30.1. The molecule has 2 fully saturated rings. The Hall–Kier alpha value is -6.65. The smallest absolute Gasteiger partial charge is 0.548 e. The summed E-state index contributed by atoms with van der Waals surface area (Å²) in [5.41, 5.74) is 3.99. The average Bonchev–Trinajstić information content (AvgIpc) is 3.59. The maximum Gasteiger partial charge on any atom is 1.00 e. The summed E-state index contributed by atoms with van der Waals surface area (Å²) < 4.78 is 0. The van der Waals surface area contributed by atoms with Gasteiger partial charge in [-0.1, -0.05) is 143 Å². The minimum atomic E-state index is -1.29. The first kappa shape index (κ1) is 66.2. The number of nitrogens with one attached hydrogen (secondary N) is 4. The molecule has 2 saturated heterocycles. The molecular formula is C58H52Cl4Li2N6O12. The van der Waals surface area contributed by atoms with E-state index in [1.54, 1.807) is 98.8 Å². The molecule has 0 saturated carbocycles.